The Bertz CT molecular complexity index is 928. The smallest absolute Gasteiger partial charge is 0.355 e. The van der Waals surface area contributed by atoms with Crippen molar-refractivity contribution < 1.29 is 19.1 Å². The highest BCUT2D eigenvalue weighted by molar-refractivity contribution is 6.07. The molecular formula is C23H28N2O4. The van der Waals surface area contributed by atoms with E-state index in [0.29, 0.717) is 28.1 Å². The summed E-state index contributed by atoms with van der Waals surface area (Å²) in [4.78, 5) is 40.2. The standard InChI is InChI=1S/C23H28N2O4/c1-7-14-25(22(27)18-12-10-9-11-13-18)17(5)21(26)19-15(3)20(23(28)29-8-2)24(6)16(19)4/h7,9-13,17H,1,8,14H2,2-6H3. The van der Waals surface area contributed by atoms with Gasteiger partial charge in [0.1, 0.15) is 5.69 Å². The third kappa shape index (κ3) is 4.31. The molecule has 154 valence electrons. The van der Waals surface area contributed by atoms with Crippen LogP contribution in [0.2, 0.25) is 0 Å². The number of carbonyl (C=O) groups is 3. The predicted octanol–water partition coefficient (Wildman–Crippen LogP) is 3.72. The van der Waals surface area contributed by atoms with Crippen LogP contribution in [0.5, 0.6) is 0 Å². The first kappa shape index (κ1) is 22.1. The maximum Gasteiger partial charge on any atom is 0.355 e. The van der Waals surface area contributed by atoms with Crippen LogP contribution in [0, 0.1) is 13.8 Å². The lowest BCUT2D eigenvalue weighted by molar-refractivity contribution is 0.0513. The highest BCUT2D eigenvalue weighted by atomic mass is 16.5. The fourth-order valence-corrected chi connectivity index (χ4v) is 3.48. The number of carbonyl (C=O) groups excluding carboxylic acids is 3. The van der Waals surface area contributed by atoms with Crippen molar-refractivity contribution in [2.45, 2.75) is 33.7 Å². The first-order valence-corrected chi connectivity index (χ1v) is 9.60. The summed E-state index contributed by atoms with van der Waals surface area (Å²) in [7, 11) is 1.73. The van der Waals surface area contributed by atoms with Crippen LogP contribution >= 0.6 is 0 Å². The van der Waals surface area contributed by atoms with Crippen LogP contribution < -0.4 is 0 Å². The molecule has 0 radical (unpaired) electrons. The molecule has 0 saturated carbocycles. The summed E-state index contributed by atoms with van der Waals surface area (Å²) in [6, 6.07) is 8.10. The Hall–Kier alpha value is -3.15. The largest absolute Gasteiger partial charge is 0.461 e. The predicted molar refractivity (Wildman–Crippen MR) is 112 cm³/mol. The van der Waals surface area contributed by atoms with Gasteiger partial charge in [-0.2, -0.15) is 0 Å². The minimum atomic E-state index is -0.726. The van der Waals surface area contributed by atoms with Gasteiger partial charge in [0.25, 0.3) is 5.91 Å². The van der Waals surface area contributed by atoms with Gasteiger partial charge in [0.2, 0.25) is 0 Å². The van der Waals surface area contributed by atoms with E-state index in [2.05, 4.69) is 6.58 Å². The van der Waals surface area contributed by atoms with E-state index in [-0.39, 0.29) is 24.8 Å². The number of hydrogen-bond donors (Lipinski definition) is 0. The molecule has 0 bridgehead atoms. The zero-order valence-corrected chi connectivity index (χ0v) is 17.7. The average molecular weight is 396 g/mol. The molecule has 0 saturated heterocycles. The van der Waals surface area contributed by atoms with Crippen molar-refractivity contribution in [3.05, 3.63) is 71.1 Å². The minimum Gasteiger partial charge on any atom is -0.461 e. The third-order valence-corrected chi connectivity index (χ3v) is 5.10. The molecule has 0 N–H and O–H groups in total. The maximum atomic E-state index is 13.4. The monoisotopic (exact) mass is 396 g/mol. The lowest BCUT2D eigenvalue weighted by Gasteiger charge is -2.27. The van der Waals surface area contributed by atoms with E-state index >= 15 is 0 Å². The van der Waals surface area contributed by atoms with Gasteiger partial charge < -0.3 is 14.2 Å². The quantitative estimate of drug-likeness (QED) is 0.387. The number of ether oxygens (including phenoxy) is 1. The van der Waals surface area contributed by atoms with Gasteiger partial charge in [0.15, 0.2) is 5.78 Å². The van der Waals surface area contributed by atoms with E-state index < -0.39 is 12.0 Å². The van der Waals surface area contributed by atoms with Crippen molar-refractivity contribution in [1.82, 2.24) is 9.47 Å². The lowest BCUT2D eigenvalue weighted by Crippen LogP contribution is -2.43. The Morgan fingerprint density at radius 1 is 1.21 bits per heavy atom. The van der Waals surface area contributed by atoms with Crippen molar-refractivity contribution in [3.8, 4) is 0 Å². The zero-order chi connectivity index (χ0) is 21.7. The van der Waals surface area contributed by atoms with Crippen molar-refractivity contribution in [1.29, 1.82) is 0 Å². The number of Topliss-reactive ketones (excluding diaryl/α,β-unsaturated/α-hetero) is 1. The molecule has 1 amide bonds. The van der Waals surface area contributed by atoms with Crippen LogP contribution in [-0.4, -0.2) is 46.3 Å². The number of benzene rings is 1. The molecule has 1 aromatic carbocycles. The lowest BCUT2D eigenvalue weighted by atomic mass is 9.99. The van der Waals surface area contributed by atoms with Gasteiger partial charge in [-0.05, 0) is 45.4 Å². The fraction of sp³-hybridized carbons (Fsp3) is 0.348. The van der Waals surface area contributed by atoms with Crippen LogP contribution in [0.15, 0.2) is 43.0 Å². The molecule has 1 unspecified atom stereocenters. The number of nitrogens with zero attached hydrogens (tertiary/aromatic N) is 2. The van der Waals surface area contributed by atoms with Gasteiger partial charge in [0.05, 0.1) is 12.6 Å². The molecule has 0 aliphatic heterocycles. The van der Waals surface area contributed by atoms with Crippen LogP contribution in [0.25, 0.3) is 0 Å². The van der Waals surface area contributed by atoms with Gasteiger partial charge in [-0.15, -0.1) is 6.58 Å². The second-order valence-corrected chi connectivity index (χ2v) is 6.87. The molecule has 1 heterocycles. The van der Waals surface area contributed by atoms with E-state index in [1.54, 1.807) is 69.7 Å². The number of hydrogen-bond acceptors (Lipinski definition) is 4. The number of esters is 1. The molecule has 1 aromatic heterocycles. The highest BCUT2D eigenvalue weighted by Gasteiger charge is 2.32. The van der Waals surface area contributed by atoms with Gasteiger partial charge in [0, 0.05) is 30.4 Å². The molecule has 6 heteroatoms. The van der Waals surface area contributed by atoms with E-state index in [1.165, 1.54) is 4.90 Å². The van der Waals surface area contributed by atoms with E-state index in [0.717, 1.165) is 0 Å². The molecule has 0 aliphatic carbocycles. The number of amides is 1. The van der Waals surface area contributed by atoms with Crippen molar-refractivity contribution >= 4 is 17.7 Å². The summed E-state index contributed by atoms with van der Waals surface area (Å²) in [6.45, 7) is 11.1. The van der Waals surface area contributed by atoms with Crippen molar-refractivity contribution in [2.75, 3.05) is 13.2 Å². The van der Waals surface area contributed by atoms with Crippen LogP contribution in [0.4, 0.5) is 0 Å². The van der Waals surface area contributed by atoms with Crippen LogP contribution in [-0.2, 0) is 11.8 Å². The topological polar surface area (TPSA) is 68.6 Å². The van der Waals surface area contributed by atoms with E-state index in [4.69, 9.17) is 4.74 Å². The summed E-state index contributed by atoms with van der Waals surface area (Å²) >= 11 is 0. The molecule has 1 atom stereocenters. The number of ketones is 1. The van der Waals surface area contributed by atoms with Gasteiger partial charge in [-0.1, -0.05) is 24.3 Å². The van der Waals surface area contributed by atoms with E-state index in [1.807, 2.05) is 6.07 Å². The molecule has 2 aromatic rings. The van der Waals surface area contributed by atoms with Crippen molar-refractivity contribution in [3.63, 3.8) is 0 Å². The van der Waals surface area contributed by atoms with Crippen molar-refractivity contribution in [2.24, 2.45) is 7.05 Å². The number of rotatable bonds is 8. The summed E-state index contributed by atoms with van der Waals surface area (Å²) in [5.74, 6) is -0.939. The average Bonchev–Trinajstić information content (AvgIpc) is 2.94. The van der Waals surface area contributed by atoms with Gasteiger partial charge >= 0.3 is 5.97 Å². The Morgan fingerprint density at radius 3 is 2.38 bits per heavy atom. The van der Waals surface area contributed by atoms with Gasteiger partial charge in [-0.25, -0.2) is 4.79 Å². The second-order valence-electron chi connectivity index (χ2n) is 6.87. The summed E-state index contributed by atoms with van der Waals surface area (Å²) in [5.41, 5.74) is 2.52. The zero-order valence-electron chi connectivity index (χ0n) is 17.7. The Kier molecular flexibility index (Phi) is 7.15. The summed E-state index contributed by atoms with van der Waals surface area (Å²) < 4.78 is 6.80. The fourth-order valence-electron chi connectivity index (χ4n) is 3.48. The first-order valence-electron chi connectivity index (χ1n) is 9.60. The van der Waals surface area contributed by atoms with Crippen LogP contribution in [0.1, 0.15) is 56.3 Å². The Labute approximate surface area is 171 Å². The van der Waals surface area contributed by atoms with Crippen LogP contribution in [0.3, 0.4) is 0 Å². The maximum absolute atomic E-state index is 13.4. The van der Waals surface area contributed by atoms with E-state index in [9.17, 15) is 14.4 Å². The molecule has 29 heavy (non-hydrogen) atoms. The minimum absolute atomic E-state index is 0.225. The summed E-state index contributed by atoms with van der Waals surface area (Å²) in [6.07, 6.45) is 1.60. The second kappa shape index (κ2) is 9.37. The number of aromatic nitrogens is 1. The Morgan fingerprint density at radius 2 is 1.83 bits per heavy atom. The third-order valence-electron chi connectivity index (χ3n) is 5.10. The normalized spacial score (nSPS) is 11.6. The molecule has 0 aliphatic rings. The Balaban J connectivity index is 2.44. The summed E-state index contributed by atoms with van der Waals surface area (Å²) in [5, 5.41) is 0. The SMILES string of the molecule is C=CCN(C(=O)c1ccccc1)C(C)C(=O)c1c(C)c(C(=O)OCC)n(C)c1C. The molecule has 0 fully saturated rings. The molecule has 2 rings (SSSR count). The van der Waals surface area contributed by atoms with Gasteiger partial charge in [-0.3, -0.25) is 9.59 Å². The molecule has 6 nitrogen and oxygen atoms in total. The highest BCUT2D eigenvalue weighted by Crippen LogP contribution is 2.25. The molecular weight excluding hydrogens is 368 g/mol. The first-order chi connectivity index (χ1) is 13.8. The molecule has 0 spiro atoms.